The molecule has 1 aliphatic heterocycles. The second kappa shape index (κ2) is 5.77. The number of benzene rings is 2. The van der Waals surface area contributed by atoms with Gasteiger partial charge in [0.1, 0.15) is 11.6 Å². The number of fused-ring (bicyclic) bond motifs is 1. The normalized spacial score (nSPS) is 14.6. The first-order chi connectivity index (χ1) is 10.0. The molecule has 0 aromatic heterocycles. The molecule has 2 aromatic carbocycles. The number of ether oxygens (including phenoxy) is 1. The van der Waals surface area contributed by atoms with E-state index in [0.29, 0.717) is 17.2 Å². The van der Waals surface area contributed by atoms with Gasteiger partial charge in [0.25, 0.3) is 0 Å². The molecule has 2 aromatic rings. The Kier molecular flexibility index (Phi) is 3.99. The standard InChI is InChI=1S/C15H13BrFNO2S/c16-11-5-9-3-4-20-15(9)10(6-11)8-21(19)14-7-12(17)1-2-13(14)18/h1-2,5-7H,3-4,8,18H2. The third-order valence-corrected chi connectivity index (χ3v) is 5.21. The molecule has 0 radical (unpaired) electrons. The number of nitrogen functional groups attached to an aromatic ring is 1. The third kappa shape index (κ3) is 2.96. The van der Waals surface area contributed by atoms with Gasteiger partial charge in [-0.2, -0.15) is 0 Å². The van der Waals surface area contributed by atoms with Gasteiger partial charge in [0, 0.05) is 22.1 Å². The summed E-state index contributed by atoms with van der Waals surface area (Å²) in [5.74, 6) is 0.597. The minimum absolute atomic E-state index is 0.245. The maximum absolute atomic E-state index is 13.3. The molecule has 6 heteroatoms. The smallest absolute Gasteiger partial charge is 0.126 e. The highest BCUT2D eigenvalue weighted by Crippen LogP contribution is 2.34. The molecule has 1 unspecified atom stereocenters. The average Bonchev–Trinajstić information content (AvgIpc) is 2.89. The van der Waals surface area contributed by atoms with E-state index in [2.05, 4.69) is 15.9 Å². The van der Waals surface area contributed by atoms with E-state index >= 15 is 0 Å². The number of anilines is 1. The molecule has 3 nitrogen and oxygen atoms in total. The van der Waals surface area contributed by atoms with Crippen LogP contribution < -0.4 is 10.5 Å². The molecule has 1 atom stereocenters. The molecule has 110 valence electrons. The van der Waals surface area contributed by atoms with Crippen LogP contribution in [0.4, 0.5) is 10.1 Å². The largest absolute Gasteiger partial charge is 0.493 e. The highest BCUT2D eigenvalue weighted by atomic mass is 79.9. The Bertz CT molecular complexity index is 736. The van der Waals surface area contributed by atoms with Gasteiger partial charge in [-0.25, -0.2) is 4.39 Å². The van der Waals surface area contributed by atoms with Gasteiger partial charge in [0.15, 0.2) is 0 Å². The van der Waals surface area contributed by atoms with Gasteiger partial charge >= 0.3 is 0 Å². The fourth-order valence-electron chi connectivity index (χ4n) is 2.38. The van der Waals surface area contributed by atoms with E-state index in [0.717, 1.165) is 27.8 Å². The molecule has 3 rings (SSSR count). The molecule has 0 amide bonds. The zero-order valence-corrected chi connectivity index (χ0v) is 13.5. The van der Waals surface area contributed by atoms with Crippen LogP contribution in [0.15, 0.2) is 39.7 Å². The summed E-state index contributed by atoms with van der Waals surface area (Å²) in [6.45, 7) is 0.632. The maximum Gasteiger partial charge on any atom is 0.126 e. The first-order valence-electron chi connectivity index (χ1n) is 6.42. The van der Waals surface area contributed by atoms with Crippen LogP contribution in [0.3, 0.4) is 0 Å². The molecule has 1 aliphatic rings. The summed E-state index contributed by atoms with van der Waals surface area (Å²) in [4.78, 5) is 0.321. The number of rotatable bonds is 3. The van der Waals surface area contributed by atoms with Crippen LogP contribution in [0.25, 0.3) is 0 Å². The van der Waals surface area contributed by atoms with Crippen molar-refractivity contribution in [3.8, 4) is 5.75 Å². The van der Waals surface area contributed by atoms with E-state index in [1.54, 1.807) is 0 Å². The van der Waals surface area contributed by atoms with E-state index in [4.69, 9.17) is 10.5 Å². The van der Waals surface area contributed by atoms with Crippen LogP contribution in [-0.2, 0) is 23.0 Å². The Morgan fingerprint density at radius 1 is 1.33 bits per heavy atom. The summed E-state index contributed by atoms with van der Waals surface area (Å²) >= 11 is 3.45. The maximum atomic E-state index is 13.3. The molecular formula is C15H13BrFNO2S. The summed E-state index contributed by atoms with van der Waals surface area (Å²) in [5.41, 5.74) is 8.07. The first-order valence-corrected chi connectivity index (χ1v) is 8.53. The average molecular weight is 370 g/mol. The second-order valence-electron chi connectivity index (χ2n) is 4.82. The summed E-state index contributed by atoms with van der Waals surface area (Å²) < 4.78 is 32.3. The lowest BCUT2D eigenvalue weighted by molar-refractivity contribution is 0.354. The number of halogens is 2. The van der Waals surface area contributed by atoms with E-state index in [-0.39, 0.29) is 5.75 Å². The topological polar surface area (TPSA) is 52.3 Å². The Morgan fingerprint density at radius 3 is 2.95 bits per heavy atom. The Hall–Kier alpha value is -1.40. The van der Waals surface area contributed by atoms with E-state index in [1.807, 2.05) is 12.1 Å². The lowest BCUT2D eigenvalue weighted by atomic mass is 10.1. The third-order valence-electron chi connectivity index (χ3n) is 3.33. The monoisotopic (exact) mass is 369 g/mol. The summed E-state index contributed by atoms with van der Waals surface area (Å²) in [7, 11) is -1.42. The van der Waals surface area contributed by atoms with E-state index in [9.17, 15) is 8.60 Å². The summed E-state index contributed by atoms with van der Waals surface area (Å²) in [5, 5.41) is 0. The Morgan fingerprint density at radius 2 is 2.14 bits per heavy atom. The molecule has 0 saturated heterocycles. The summed E-state index contributed by atoms with van der Waals surface area (Å²) in [6.07, 6.45) is 0.844. The van der Waals surface area contributed by atoms with Gasteiger partial charge in [-0.1, -0.05) is 15.9 Å². The first kappa shape index (κ1) is 14.5. The molecule has 1 heterocycles. The van der Waals surface area contributed by atoms with Gasteiger partial charge in [-0.05, 0) is 35.9 Å². The zero-order chi connectivity index (χ0) is 15.0. The van der Waals surface area contributed by atoms with Gasteiger partial charge in [0.2, 0.25) is 0 Å². The fraction of sp³-hybridized carbons (Fsp3) is 0.200. The minimum atomic E-state index is -1.42. The molecule has 0 saturated carbocycles. The molecule has 0 fully saturated rings. The fourth-order valence-corrected chi connectivity index (χ4v) is 4.16. The molecular weight excluding hydrogens is 357 g/mol. The highest BCUT2D eigenvalue weighted by molar-refractivity contribution is 9.10. The van der Waals surface area contributed by atoms with Crippen molar-refractivity contribution in [3.63, 3.8) is 0 Å². The van der Waals surface area contributed by atoms with Crippen molar-refractivity contribution in [2.24, 2.45) is 0 Å². The molecule has 0 bridgehead atoms. The lowest BCUT2D eigenvalue weighted by Gasteiger charge is -2.10. The van der Waals surface area contributed by atoms with Gasteiger partial charge in [-0.3, -0.25) is 4.21 Å². The van der Waals surface area contributed by atoms with Gasteiger partial charge in [0.05, 0.1) is 28.1 Å². The predicted molar refractivity (Wildman–Crippen MR) is 84.3 cm³/mol. The second-order valence-corrected chi connectivity index (χ2v) is 7.16. The van der Waals surface area contributed by atoms with Crippen LogP contribution >= 0.6 is 15.9 Å². The van der Waals surface area contributed by atoms with Crippen LogP contribution in [0.5, 0.6) is 5.75 Å². The van der Waals surface area contributed by atoms with Crippen LogP contribution in [0.1, 0.15) is 11.1 Å². The minimum Gasteiger partial charge on any atom is -0.493 e. The molecule has 21 heavy (non-hydrogen) atoms. The quantitative estimate of drug-likeness (QED) is 0.843. The van der Waals surface area contributed by atoms with Gasteiger partial charge < -0.3 is 10.5 Å². The van der Waals surface area contributed by atoms with Crippen molar-refractivity contribution in [1.29, 1.82) is 0 Å². The number of hydrogen-bond donors (Lipinski definition) is 1. The zero-order valence-electron chi connectivity index (χ0n) is 11.1. The number of hydrogen-bond acceptors (Lipinski definition) is 3. The Labute approximate surface area is 132 Å². The summed E-state index contributed by atoms with van der Waals surface area (Å²) in [6, 6.07) is 7.81. The SMILES string of the molecule is Nc1ccc(F)cc1S(=O)Cc1cc(Br)cc2c1OCC2. The van der Waals surface area contributed by atoms with Crippen molar-refractivity contribution in [3.05, 3.63) is 51.7 Å². The van der Waals surface area contributed by atoms with Crippen molar-refractivity contribution in [2.45, 2.75) is 17.1 Å². The van der Waals surface area contributed by atoms with E-state index in [1.165, 1.54) is 18.2 Å². The van der Waals surface area contributed by atoms with Crippen molar-refractivity contribution >= 4 is 32.4 Å². The van der Waals surface area contributed by atoms with Crippen LogP contribution in [-0.4, -0.2) is 10.8 Å². The van der Waals surface area contributed by atoms with E-state index < -0.39 is 16.6 Å². The molecule has 0 aliphatic carbocycles. The lowest BCUT2D eigenvalue weighted by Crippen LogP contribution is -2.03. The predicted octanol–water partition coefficient (Wildman–Crippen LogP) is 3.41. The van der Waals surface area contributed by atoms with Crippen molar-refractivity contribution in [2.75, 3.05) is 12.3 Å². The molecule has 2 N–H and O–H groups in total. The number of nitrogens with two attached hydrogens (primary N) is 1. The van der Waals surface area contributed by atoms with Crippen molar-refractivity contribution < 1.29 is 13.3 Å². The van der Waals surface area contributed by atoms with Crippen LogP contribution in [0, 0.1) is 5.82 Å². The highest BCUT2D eigenvalue weighted by Gasteiger charge is 2.20. The Balaban J connectivity index is 1.94. The van der Waals surface area contributed by atoms with Crippen molar-refractivity contribution in [1.82, 2.24) is 0 Å². The van der Waals surface area contributed by atoms with Gasteiger partial charge in [-0.15, -0.1) is 0 Å². The van der Waals surface area contributed by atoms with Crippen LogP contribution in [0.2, 0.25) is 0 Å². The molecule has 0 spiro atoms.